The van der Waals surface area contributed by atoms with E-state index in [9.17, 15) is 0 Å². The van der Waals surface area contributed by atoms with Gasteiger partial charge >= 0.3 is 0 Å². The zero-order valence-corrected chi connectivity index (χ0v) is 22.6. The highest BCUT2D eigenvalue weighted by Crippen LogP contribution is 2.36. The number of nitrogens with zero attached hydrogens (tertiary/aromatic N) is 3. The summed E-state index contributed by atoms with van der Waals surface area (Å²) in [4.78, 5) is 11.8. The normalized spacial score (nSPS) is 10.4. The first-order chi connectivity index (χ1) is 17.6. The van der Waals surface area contributed by atoms with Gasteiger partial charge < -0.3 is 29.2 Å². The van der Waals surface area contributed by atoms with Crippen LogP contribution in [0.4, 0.5) is 11.8 Å². The average Bonchev–Trinajstić information content (AvgIpc) is 2.92. The quantitative estimate of drug-likeness (QED) is 0.280. The zero-order valence-electron chi connectivity index (χ0n) is 21.8. The molecule has 0 aliphatic rings. The molecule has 196 valence electrons. The molecule has 4 rings (SSSR count). The molecule has 9 heteroatoms. The van der Waals surface area contributed by atoms with Crippen LogP contribution in [-0.2, 0) is 13.0 Å². The van der Waals surface area contributed by atoms with Gasteiger partial charge in [-0.2, -0.15) is 4.98 Å². The molecule has 0 radical (unpaired) electrons. The van der Waals surface area contributed by atoms with E-state index in [2.05, 4.69) is 22.3 Å². The Bertz CT molecular complexity index is 1320. The van der Waals surface area contributed by atoms with Crippen molar-refractivity contribution in [2.75, 3.05) is 52.2 Å². The summed E-state index contributed by atoms with van der Waals surface area (Å²) < 4.78 is 21.8. The van der Waals surface area contributed by atoms with Crippen LogP contribution in [-0.4, -0.2) is 52.0 Å². The molecule has 0 saturated heterocycles. The summed E-state index contributed by atoms with van der Waals surface area (Å²) in [6.07, 6.45) is 0.767. The van der Waals surface area contributed by atoms with Gasteiger partial charge in [0.15, 0.2) is 23.0 Å². The first kappa shape index (κ1) is 27.7. The second-order valence-corrected chi connectivity index (χ2v) is 8.30. The van der Waals surface area contributed by atoms with Gasteiger partial charge in [0.2, 0.25) is 5.95 Å². The fourth-order valence-electron chi connectivity index (χ4n) is 4.10. The molecule has 1 heterocycles. The molecule has 8 nitrogen and oxygen atoms in total. The van der Waals surface area contributed by atoms with Crippen LogP contribution in [0.3, 0.4) is 0 Å². The number of fused-ring (bicyclic) bond motifs is 1. The summed E-state index contributed by atoms with van der Waals surface area (Å²) >= 11 is 0. The maximum absolute atomic E-state index is 5.54. The number of rotatable bonds is 11. The molecule has 0 spiro atoms. The predicted octanol–water partition coefficient (Wildman–Crippen LogP) is 5.38. The summed E-state index contributed by atoms with van der Waals surface area (Å²) in [6.45, 7) is 1.35. The van der Waals surface area contributed by atoms with Gasteiger partial charge in [0.1, 0.15) is 5.82 Å². The molecule has 0 unspecified atom stereocenters. The molecule has 1 aromatic heterocycles. The van der Waals surface area contributed by atoms with E-state index in [-0.39, 0.29) is 12.4 Å². The van der Waals surface area contributed by atoms with Crippen LogP contribution < -0.4 is 29.2 Å². The Balaban J connectivity index is 0.00000380. The molecule has 0 amide bonds. The minimum Gasteiger partial charge on any atom is -0.493 e. The second kappa shape index (κ2) is 12.9. The van der Waals surface area contributed by atoms with Gasteiger partial charge in [0.25, 0.3) is 0 Å². The lowest BCUT2D eigenvalue weighted by Gasteiger charge is -2.22. The monoisotopic (exact) mass is 524 g/mol. The van der Waals surface area contributed by atoms with Crippen LogP contribution >= 0.6 is 12.4 Å². The van der Waals surface area contributed by atoms with Gasteiger partial charge in [-0.25, -0.2) is 4.98 Å². The highest BCUT2D eigenvalue weighted by molar-refractivity contribution is 5.93. The van der Waals surface area contributed by atoms with Crippen molar-refractivity contribution in [2.45, 2.75) is 13.0 Å². The number of hydrogen-bond donors (Lipinski definition) is 1. The fourth-order valence-corrected chi connectivity index (χ4v) is 4.10. The molecule has 0 saturated carbocycles. The van der Waals surface area contributed by atoms with E-state index in [0.29, 0.717) is 42.0 Å². The lowest BCUT2D eigenvalue weighted by molar-refractivity contribution is 0.354. The predicted molar refractivity (Wildman–Crippen MR) is 150 cm³/mol. The van der Waals surface area contributed by atoms with Crippen molar-refractivity contribution < 1.29 is 18.9 Å². The molecule has 37 heavy (non-hydrogen) atoms. The van der Waals surface area contributed by atoms with E-state index in [4.69, 9.17) is 28.9 Å². The number of ether oxygens (including phenoxy) is 4. The molecule has 4 aromatic rings. The highest BCUT2D eigenvalue weighted by atomic mass is 35.5. The van der Waals surface area contributed by atoms with Crippen LogP contribution in [0.25, 0.3) is 10.9 Å². The topological polar surface area (TPSA) is 78.0 Å². The van der Waals surface area contributed by atoms with Gasteiger partial charge in [-0.05, 0) is 35.7 Å². The summed E-state index contributed by atoms with van der Waals surface area (Å²) in [5, 5.41) is 4.27. The molecular formula is C28H33ClN4O4. The molecule has 3 aromatic carbocycles. The minimum absolute atomic E-state index is 0. The number of aromatic nitrogens is 2. The highest BCUT2D eigenvalue weighted by Gasteiger charge is 2.16. The Morgan fingerprint density at radius 1 is 0.730 bits per heavy atom. The van der Waals surface area contributed by atoms with Gasteiger partial charge in [0.05, 0.1) is 34.0 Å². The third-order valence-electron chi connectivity index (χ3n) is 5.95. The summed E-state index contributed by atoms with van der Waals surface area (Å²) in [5.74, 6) is 4.03. The molecule has 0 bridgehead atoms. The third kappa shape index (κ3) is 6.46. The van der Waals surface area contributed by atoms with Gasteiger partial charge in [-0.3, -0.25) is 0 Å². The summed E-state index contributed by atoms with van der Waals surface area (Å²) in [5.41, 5.74) is 3.08. The number of anilines is 2. The van der Waals surface area contributed by atoms with Gasteiger partial charge in [0, 0.05) is 31.6 Å². The maximum Gasteiger partial charge on any atom is 0.225 e. The zero-order chi connectivity index (χ0) is 25.5. The Hall–Kier alpha value is -3.91. The van der Waals surface area contributed by atoms with Crippen molar-refractivity contribution in [1.29, 1.82) is 0 Å². The lowest BCUT2D eigenvalue weighted by atomic mass is 10.1. The smallest absolute Gasteiger partial charge is 0.225 e. The first-order valence-electron chi connectivity index (χ1n) is 11.7. The lowest BCUT2D eigenvalue weighted by Crippen LogP contribution is -2.19. The van der Waals surface area contributed by atoms with E-state index in [0.717, 1.165) is 28.7 Å². The molecule has 0 fully saturated rings. The van der Waals surface area contributed by atoms with Crippen molar-refractivity contribution in [3.8, 4) is 23.0 Å². The van der Waals surface area contributed by atoms with Crippen molar-refractivity contribution in [3.63, 3.8) is 0 Å². The molecular weight excluding hydrogens is 492 g/mol. The summed E-state index contributed by atoms with van der Waals surface area (Å²) in [6, 6.07) is 20.0. The van der Waals surface area contributed by atoms with Crippen LogP contribution in [0.5, 0.6) is 23.0 Å². The Morgan fingerprint density at radius 3 is 2.05 bits per heavy atom. The van der Waals surface area contributed by atoms with Gasteiger partial charge in [-0.15, -0.1) is 12.4 Å². The van der Waals surface area contributed by atoms with Crippen LogP contribution in [0, 0.1) is 0 Å². The number of nitrogens with one attached hydrogen (secondary N) is 1. The molecule has 0 aliphatic heterocycles. The molecule has 0 aliphatic carbocycles. The minimum atomic E-state index is 0. The van der Waals surface area contributed by atoms with E-state index in [1.165, 1.54) is 5.56 Å². The van der Waals surface area contributed by atoms with Crippen molar-refractivity contribution in [1.82, 2.24) is 9.97 Å². The number of benzene rings is 3. The van der Waals surface area contributed by atoms with Crippen LogP contribution in [0.15, 0.2) is 60.7 Å². The largest absolute Gasteiger partial charge is 0.493 e. The van der Waals surface area contributed by atoms with Crippen molar-refractivity contribution >= 4 is 35.1 Å². The Labute approximate surface area is 224 Å². The Kier molecular flexibility index (Phi) is 9.63. The second-order valence-electron chi connectivity index (χ2n) is 8.30. The van der Waals surface area contributed by atoms with E-state index in [1.54, 1.807) is 28.4 Å². The first-order valence-corrected chi connectivity index (χ1v) is 11.7. The SMILES string of the molecule is COc1ccc(CCNc2nc(N(C)Cc3ccccc3)c3cc(OC)c(OC)cc3n2)cc1OC.Cl. The van der Waals surface area contributed by atoms with E-state index >= 15 is 0 Å². The number of methoxy groups -OCH3 is 4. The molecule has 1 N–H and O–H groups in total. The maximum atomic E-state index is 5.54. The van der Waals surface area contributed by atoms with E-state index in [1.807, 2.05) is 55.6 Å². The van der Waals surface area contributed by atoms with E-state index < -0.39 is 0 Å². The summed E-state index contributed by atoms with van der Waals surface area (Å²) in [7, 11) is 8.54. The van der Waals surface area contributed by atoms with Crippen LogP contribution in [0.1, 0.15) is 11.1 Å². The average molecular weight is 525 g/mol. The van der Waals surface area contributed by atoms with Crippen molar-refractivity contribution in [3.05, 3.63) is 71.8 Å². The third-order valence-corrected chi connectivity index (χ3v) is 5.95. The van der Waals surface area contributed by atoms with Gasteiger partial charge in [-0.1, -0.05) is 36.4 Å². The van der Waals surface area contributed by atoms with Crippen LogP contribution in [0.2, 0.25) is 0 Å². The number of hydrogen-bond acceptors (Lipinski definition) is 8. The van der Waals surface area contributed by atoms with Crippen molar-refractivity contribution in [2.24, 2.45) is 0 Å². The number of halogens is 1. The fraction of sp³-hybridized carbons (Fsp3) is 0.286. The Morgan fingerprint density at radius 2 is 1.38 bits per heavy atom. The standard InChI is InChI=1S/C28H32N4O4.ClH/c1-32(18-20-9-7-6-8-10-20)27-21-16-25(35-4)26(36-5)17-22(21)30-28(31-27)29-14-13-19-11-12-23(33-2)24(15-19)34-3;/h6-12,15-17H,13-14,18H2,1-5H3,(H,29,30,31);1H. The molecule has 0 atom stereocenters.